The van der Waals surface area contributed by atoms with Gasteiger partial charge in [0.25, 0.3) is 0 Å². The number of carbonyl (C=O) groups is 6. The fourth-order valence-corrected chi connectivity index (χ4v) is 5.84. The lowest BCUT2D eigenvalue weighted by molar-refractivity contribution is -0.138. The third-order valence-electron chi connectivity index (χ3n) is 8.69. The maximum Gasteiger partial charge on any atom is 0.247 e. The molecule has 3 aromatic carbocycles. The van der Waals surface area contributed by atoms with Gasteiger partial charge in [-0.3, -0.25) is 28.8 Å². The summed E-state index contributed by atoms with van der Waals surface area (Å²) in [6.07, 6.45) is 0.739. The van der Waals surface area contributed by atoms with Crippen LogP contribution < -0.4 is 31.9 Å². The van der Waals surface area contributed by atoms with Crippen LogP contribution in [0.15, 0.2) is 91.0 Å². The summed E-state index contributed by atoms with van der Waals surface area (Å²) < 4.78 is 0. The van der Waals surface area contributed by atoms with Gasteiger partial charge in [-0.05, 0) is 62.3 Å². The third-order valence-corrected chi connectivity index (χ3v) is 8.69. The highest BCUT2D eigenvalue weighted by atomic mass is 16.2. The highest BCUT2D eigenvalue weighted by molar-refractivity contribution is 6.06. The summed E-state index contributed by atoms with van der Waals surface area (Å²) in [5.74, 6) is -3.31. The number of nitrogens with zero attached hydrogens (tertiary/aromatic N) is 6. The Morgan fingerprint density at radius 1 is 0.358 bits per heavy atom. The second kappa shape index (κ2) is 20.4. The Morgan fingerprint density at radius 2 is 0.642 bits per heavy atom. The maximum absolute atomic E-state index is 14.2. The van der Waals surface area contributed by atoms with E-state index in [1.807, 2.05) is 0 Å². The number of rotatable bonds is 11. The van der Waals surface area contributed by atoms with Gasteiger partial charge in [0, 0.05) is 43.2 Å². The molecule has 0 saturated carbocycles. The molecular weight excluding hydrogens is 678 g/mol. The van der Waals surface area contributed by atoms with Gasteiger partial charge in [0.2, 0.25) is 35.4 Å². The van der Waals surface area contributed by atoms with Crippen LogP contribution in [0.25, 0.3) is 0 Å². The fourth-order valence-electron chi connectivity index (χ4n) is 5.84. The summed E-state index contributed by atoms with van der Waals surface area (Å²) in [7, 11) is 0. The molecule has 1 aliphatic rings. The van der Waals surface area contributed by atoms with Gasteiger partial charge in [-0.25, -0.2) is 0 Å². The Labute approximate surface area is 309 Å². The molecule has 0 bridgehead atoms. The molecule has 1 fully saturated rings. The van der Waals surface area contributed by atoms with Crippen molar-refractivity contribution in [1.29, 1.82) is 0 Å². The van der Waals surface area contributed by atoms with Crippen LogP contribution >= 0.6 is 0 Å². The minimum atomic E-state index is -0.570. The molecule has 1 heterocycles. The van der Waals surface area contributed by atoms with Crippen LogP contribution in [-0.4, -0.2) is 129 Å². The average Bonchev–Trinajstić information content (AvgIpc) is 3.18. The zero-order valence-corrected chi connectivity index (χ0v) is 29.9. The van der Waals surface area contributed by atoms with Gasteiger partial charge in [0.15, 0.2) is 0 Å². The van der Waals surface area contributed by atoms with Crippen molar-refractivity contribution < 1.29 is 28.8 Å². The van der Waals surface area contributed by atoms with Crippen LogP contribution in [0.5, 0.6) is 0 Å². The molecule has 0 unspecified atom stereocenters. The largest absolute Gasteiger partial charge is 0.332 e. The van der Waals surface area contributed by atoms with E-state index in [1.54, 1.807) is 91.0 Å². The second-order valence-electron chi connectivity index (χ2n) is 12.5. The molecule has 15 nitrogen and oxygen atoms in total. The first-order chi connectivity index (χ1) is 25.7. The number of para-hydroxylation sites is 3. The molecule has 0 spiro atoms. The lowest BCUT2D eigenvalue weighted by Gasteiger charge is -2.33. The van der Waals surface area contributed by atoms with Crippen molar-refractivity contribution in [2.24, 2.45) is 17.2 Å². The smallest absolute Gasteiger partial charge is 0.247 e. The molecule has 0 aromatic heterocycles. The quantitative estimate of drug-likeness (QED) is 0.248. The van der Waals surface area contributed by atoms with Gasteiger partial charge < -0.3 is 46.6 Å². The van der Waals surface area contributed by atoms with Gasteiger partial charge in [-0.2, -0.15) is 0 Å². The predicted molar refractivity (Wildman–Crippen MR) is 203 cm³/mol. The molecule has 282 valence electrons. The third kappa shape index (κ3) is 11.4. The van der Waals surface area contributed by atoms with E-state index in [-0.39, 0.29) is 39.3 Å². The maximum atomic E-state index is 14.2. The van der Waals surface area contributed by atoms with Crippen LogP contribution in [0.1, 0.15) is 12.8 Å². The minimum Gasteiger partial charge on any atom is -0.332 e. The SMILES string of the molecule is NCCCN1CC(=O)N(c2ccccc2)CC(=O)N(CCN)CC(=O)N(c2ccccc2)CC(=O)N(CCCN)CC(=O)N(c2ccccc2)CC1=O. The van der Waals surface area contributed by atoms with Crippen LogP contribution in [0, 0.1) is 0 Å². The number of hydrogen-bond donors (Lipinski definition) is 3. The van der Waals surface area contributed by atoms with Gasteiger partial charge in [0.1, 0.15) is 39.3 Å². The highest BCUT2D eigenvalue weighted by Crippen LogP contribution is 2.19. The number of hydrogen-bond acceptors (Lipinski definition) is 9. The van der Waals surface area contributed by atoms with Gasteiger partial charge in [-0.15, -0.1) is 0 Å². The van der Waals surface area contributed by atoms with Crippen molar-refractivity contribution >= 4 is 52.5 Å². The molecule has 4 rings (SSSR count). The molecule has 1 aliphatic heterocycles. The first-order valence-electron chi connectivity index (χ1n) is 17.7. The van der Waals surface area contributed by atoms with Crippen molar-refractivity contribution in [3.8, 4) is 0 Å². The van der Waals surface area contributed by atoms with E-state index < -0.39 is 74.7 Å². The van der Waals surface area contributed by atoms with Crippen molar-refractivity contribution in [2.45, 2.75) is 12.8 Å². The molecule has 3 aromatic rings. The molecular formula is C38H49N9O6. The molecule has 6 amide bonds. The van der Waals surface area contributed by atoms with E-state index in [4.69, 9.17) is 17.2 Å². The Kier molecular flexibility index (Phi) is 15.5. The van der Waals surface area contributed by atoms with E-state index in [0.29, 0.717) is 29.9 Å². The first-order valence-corrected chi connectivity index (χ1v) is 17.7. The van der Waals surface area contributed by atoms with Crippen molar-refractivity contribution in [2.75, 3.05) is 93.2 Å². The van der Waals surface area contributed by atoms with Gasteiger partial charge >= 0.3 is 0 Å². The van der Waals surface area contributed by atoms with Crippen LogP contribution in [-0.2, 0) is 28.8 Å². The van der Waals surface area contributed by atoms with Crippen molar-refractivity contribution in [3.05, 3.63) is 91.0 Å². The molecule has 0 atom stereocenters. The van der Waals surface area contributed by atoms with Crippen molar-refractivity contribution in [3.63, 3.8) is 0 Å². The van der Waals surface area contributed by atoms with Gasteiger partial charge in [0.05, 0.1) is 0 Å². The Morgan fingerprint density at radius 3 is 0.906 bits per heavy atom. The van der Waals surface area contributed by atoms with Crippen LogP contribution in [0.4, 0.5) is 17.1 Å². The lowest BCUT2D eigenvalue weighted by atomic mass is 10.2. The number of nitrogens with two attached hydrogens (primary N) is 3. The standard InChI is InChI=1S/C38H49N9O6/c39-18-10-21-42-24-36(51)45(30-12-4-1-5-13-30)27-33(48)43(22-11-19-40)25-37(52)47(32-16-8-3-9-17-32)29-35(50)44(23-20-41)26-38(53)46(28-34(42)49)31-14-6-2-7-15-31/h1-9,12-17H,10-11,18-29,39-41H2. The summed E-state index contributed by atoms with van der Waals surface area (Å²) in [5, 5.41) is 0. The molecule has 0 aliphatic carbocycles. The second-order valence-corrected chi connectivity index (χ2v) is 12.5. The lowest BCUT2D eigenvalue weighted by Crippen LogP contribution is -2.54. The molecule has 0 radical (unpaired) electrons. The van der Waals surface area contributed by atoms with Crippen molar-refractivity contribution in [1.82, 2.24) is 14.7 Å². The Balaban J connectivity index is 1.82. The van der Waals surface area contributed by atoms with E-state index in [0.717, 1.165) is 0 Å². The highest BCUT2D eigenvalue weighted by Gasteiger charge is 2.32. The Hall–Kier alpha value is -5.64. The summed E-state index contributed by atoms with van der Waals surface area (Å²) in [4.78, 5) is 92.2. The zero-order valence-electron chi connectivity index (χ0n) is 29.9. The normalized spacial score (nSPS) is 16.4. The van der Waals surface area contributed by atoms with Crippen LogP contribution in [0.3, 0.4) is 0 Å². The van der Waals surface area contributed by atoms with E-state index in [9.17, 15) is 28.8 Å². The number of benzene rings is 3. The van der Waals surface area contributed by atoms with Crippen LogP contribution in [0.2, 0.25) is 0 Å². The molecule has 15 heteroatoms. The minimum absolute atomic E-state index is 0.00840. The monoisotopic (exact) mass is 727 g/mol. The zero-order chi connectivity index (χ0) is 38.2. The molecule has 6 N–H and O–H groups in total. The van der Waals surface area contributed by atoms with E-state index in [1.165, 1.54) is 29.4 Å². The average molecular weight is 728 g/mol. The first kappa shape index (κ1) is 40.1. The summed E-state index contributed by atoms with van der Waals surface area (Å²) in [6, 6.07) is 25.6. The summed E-state index contributed by atoms with van der Waals surface area (Å²) in [6.45, 7) is -1.92. The van der Waals surface area contributed by atoms with E-state index in [2.05, 4.69) is 0 Å². The fraction of sp³-hybridized carbons (Fsp3) is 0.368. The summed E-state index contributed by atoms with van der Waals surface area (Å²) in [5.41, 5.74) is 18.7. The topological polar surface area (TPSA) is 200 Å². The summed E-state index contributed by atoms with van der Waals surface area (Å²) >= 11 is 0. The molecule has 1 saturated heterocycles. The van der Waals surface area contributed by atoms with E-state index >= 15 is 0 Å². The van der Waals surface area contributed by atoms with Gasteiger partial charge in [-0.1, -0.05) is 54.6 Å². The number of anilines is 3. The Bertz CT molecular complexity index is 1640. The molecule has 53 heavy (non-hydrogen) atoms. The number of amides is 6. The number of carbonyl (C=O) groups excluding carboxylic acids is 6. The predicted octanol–water partition coefficient (Wildman–Crippen LogP) is 0.242.